The number of anilines is 1. The van der Waals surface area contributed by atoms with Crippen molar-refractivity contribution in [1.82, 2.24) is 9.55 Å². The van der Waals surface area contributed by atoms with Crippen LogP contribution in [0.2, 0.25) is 0 Å². The summed E-state index contributed by atoms with van der Waals surface area (Å²) in [6.45, 7) is 8.23. The number of amides is 1. The molecule has 0 radical (unpaired) electrons. The Bertz CT molecular complexity index is 835. The van der Waals surface area contributed by atoms with Crippen LogP contribution in [0.5, 0.6) is 0 Å². The van der Waals surface area contributed by atoms with Crippen molar-refractivity contribution in [3.05, 3.63) is 23.8 Å². The molecule has 1 fully saturated rings. The minimum absolute atomic E-state index is 0. The smallest absolute Gasteiger partial charge is 0.338 e. The third-order valence-corrected chi connectivity index (χ3v) is 4.58. The maximum absolute atomic E-state index is 12.4. The number of esters is 1. The van der Waals surface area contributed by atoms with Crippen molar-refractivity contribution >= 4 is 28.9 Å². The molecule has 0 spiro atoms. The predicted octanol–water partition coefficient (Wildman–Crippen LogP) is 4.56. The number of carbonyl (C=O) groups is 2. The molecule has 1 aromatic carbocycles. The fourth-order valence-corrected chi connectivity index (χ4v) is 3.19. The van der Waals surface area contributed by atoms with Gasteiger partial charge in [-0.3, -0.25) is 10.1 Å². The second-order valence-corrected chi connectivity index (χ2v) is 8.10. The molecule has 0 unspecified atom stereocenters. The minimum atomic E-state index is -0.339. The Balaban J connectivity index is 0.00000261. The van der Waals surface area contributed by atoms with Gasteiger partial charge in [-0.25, -0.2) is 9.78 Å². The van der Waals surface area contributed by atoms with E-state index in [1.54, 1.807) is 13.0 Å². The summed E-state index contributed by atoms with van der Waals surface area (Å²) in [7, 11) is 0. The summed E-state index contributed by atoms with van der Waals surface area (Å²) >= 11 is 0. The monoisotopic (exact) mass is 359 g/mol. The van der Waals surface area contributed by atoms with Gasteiger partial charge >= 0.3 is 5.97 Å². The first-order valence-electron chi connectivity index (χ1n) is 9.27. The van der Waals surface area contributed by atoms with Crippen LogP contribution >= 0.6 is 0 Å². The summed E-state index contributed by atoms with van der Waals surface area (Å²) in [6.07, 6.45) is 3.70. The van der Waals surface area contributed by atoms with E-state index < -0.39 is 0 Å². The van der Waals surface area contributed by atoms with Gasteiger partial charge in [0.15, 0.2) is 0 Å². The zero-order chi connectivity index (χ0) is 18.9. The third kappa shape index (κ3) is 3.89. The zero-order valence-electron chi connectivity index (χ0n) is 16.0. The minimum Gasteiger partial charge on any atom is -0.462 e. The van der Waals surface area contributed by atoms with Crippen LogP contribution in [-0.4, -0.2) is 28.0 Å². The van der Waals surface area contributed by atoms with E-state index in [4.69, 9.17) is 4.74 Å². The molecule has 1 N–H and O–H groups in total. The fraction of sp³-hybridized carbons (Fsp3) is 0.550. The first kappa shape index (κ1) is 18.4. The van der Waals surface area contributed by atoms with Gasteiger partial charge in [-0.15, -0.1) is 0 Å². The van der Waals surface area contributed by atoms with Crippen molar-refractivity contribution in [3.8, 4) is 0 Å². The van der Waals surface area contributed by atoms with Crippen LogP contribution in [-0.2, 0) is 9.53 Å². The molecule has 0 atom stereocenters. The van der Waals surface area contributed by atoms with Gasteiger partial charge in [0.05, 0.1) is 23.2 Å². The van der Waals surface area contributed by atoms with Crippen LogP contribution in [0, 0.1) is 5.41 Å². The Morgan fingerprint density at radius 1 is 1.35 bits per heavy atom. The van der Waals surface area contributed by atoms with Crippen LogP contribution < -0.4 is 5.32 Å². The van der Waals surface area contributed by atoms with Gasteiger partial charge in [-0.2, -0.15) is 0 Å². The van der Waals surface area contributed by atoms with E-state index in [0.29, 0.717) is 30.6 Å². The van der Waals surface area contributed by atoms with Crippen molar-refractivity contribution in [2.24, 2.45) is 5.41 Å². The van der Waals surface area contributed by atoms with Crippen molar-refractivity contribution < 1.29 is 15.8 Å². The molecule has 3 rings (SSSR count). The van der Waals surface area contributed by atoms with Crippen LogP contribution in [0.1, 0.15) is 71.2 Å². The molecule has 1 amide bonds. The van der Waals surface area contributed by atoms with Crippen molar-refractivity contribution in [2.75, 3.05) is 11.9 Å². The highest BCUT2D eigenvalue weighted by Gasteiger charge is 2.27. The number of aromatic nitrogens is 2. The number of carbonyl (C=O) groups excluding carboxylic acids is 2. The highest BCUT2D eigenvalue weighted by molar-refractivity contribution is 5.96. The van der Waals surface area contributed by atoms with Crippen molar-refractivity contribution in [2.45, 2.75) is 59.4 Å². The maximum atomic E-state index is 12.4. The first-order chi connectivity index (χ1) is 12.3. The van der Waals surface area contributed by atoms with Crippen molar-refractivity contribution in [1.29, 1.82) is 0 Å². The average molecular weight is 359 g/mol. The van der Waals surface area contributed by atoms with E-state index in [1.165, 1.54) is 0 Å². The molecule has 1 saturated carbocycles. The molecule has 0 bridgehead atoms. The molecular formula is C20H29N3O3. The highest BCUT2D eigenvalue weighted by Crippen LogP contribution is 2.37. The quantitative estimate of drug-likeness (QED) is 0.794. The van der Waals surface area contributed by atoms with Gasteiger partial charge in [0.2, 0.25) is 11.9 Å². The summed E-state index contributed by atoms with van der Waals surface area (Å²) in [5, 5.41) is 2.98. The number of nitrogens with zero attached hydrogens (tertiary/aromatic N) is 2. The van der Waals surface area contributed by atoms with E-state index in [0.717, 1.165) is 30.3 Å². The molecule has 0 saturated heterocycles. The number of benzene rings is 1. The molecule has 6 nitrogen and oxygen atoms in total. The molecule has 6 heteroatoms. The van der Waals surface area contributed by atoms with Crippen LogP contribution in [0.25, 0.3) is 11.0 Å². The lowest BCUT2D eigenvalue weighted by Gasteiger charge is -2.29. The largest absolute Gasteiger partial charge is 0.462 e. The summed E-state index contributed by atoms with van der Waals surface area (Å²) in [5.41, 5.74) is 2.06. The molecule has 1 aliphatic carbocycles. The number of fused-ring (bicyclic) bond motifs is 1. The lowest BCUT2D eigenvalue weighted by Crippen LogP contribution is -2.24. The molecule has 26 heavy (non-hydrogen) atoms. The number of rotatable bonds is 5. The SMILES string of the molecule is CCOC(=O)c1ccc2nc(NC(=O)CC(C)(C)C)n(C3CCC3)c2c1.[HH]. The van der Waals surface area contributed by atoms with Crippen LogP contribution in [0.4, 0.5) is 5.95 Å². The van der Waals surface area contributed by atoms with Gasteiger partial charge in [0.1, 0.15) is 0 Å². The van der Waals surface area contributed by atoms with Gasteiger partial charge in [0, 0.05) is 13.9 Å². The molecular weight excluding hydrogens is 330 g/mol. The Kier molecular flexibility index (Phi) is 5.03. The summed E-state index contributed by atoms with van der Waals surface area (Å²) in [5.74, 6) is 0.188. The van der Waals surface area contributed by atoms with E-state index >= 15 is 0 Å². The van der Waals surface area contributed by atoms with E-state index in [1.807, 2.05) is 32.9 Å². The Labute approximate surface area is 155 Å². The predicted molar refractivity (Wildman–Crippen MR) is 103 cm³/mol. The number of nitrogens with one attached hydrogen (secondary N) is 1. The van der Waals surface area contributed by atoms with Crippen LogP contribution in [0.3, 0.4) is 0 Å². The summed E-state index contributed by atoms with van der Waals surface area (Å²) in [6, 6.07) is 5.66. The normalized spacial score (nSPS) is 14.9. The Hall–Kier alpha value is -2.37. The number of imidazole rings is 1. The Morgan fingerprint density at radius 2 is 2.08 bits per heavy atom. The van der Waals surface area contributed by atoms with Crippen LogP contribution in [0.15, 0.2) is 18.2 Å². The average Bonchev–Trinajstić information content (AvgIpc) is 2.81. The van der Waals surface area contributed by atoms with E-state index in [9.17, 15) is 9.59 Å². The molecule has 1 heterocycles. The molecule has 0 aliphatic heterocycles. The first-order valence-corrected chi connectivity index (χ1v) is 9.27. The lowest BCUT2D eigenvalue weighted by molar-refractivity contribution is -0.117. The molecule has 142 valence electrons. The highest BCUT2D eigenvalue weighted by atomic mass is 16.5. The van der Waals surface area contributed by atoms with Gasteiger partial charge in [0.25, 0.3) is 0 Å². The van der Waals surface area contributed by atoms with Crippen molar-refractivity contribution in [3.63, 3.8) is 0 Å². The second kappa shape index (κ2) is 7.09. The molecule has 1 aromatic heterocycles. The topological polar surface area (TPSA) is 73.2 Å². The summed E-state index contributed by atoms with van der Waals surface area (Å²) in [4.78, 5) is 29.1. The van der Waals surface area contributed by atoms with Gasteiger partial charge in [-0.1, -0.05) is 20.8 Å². The van der Waals surface area contributed by atoms with Gasteiger partial charge < -0.3 is 9.30 Å². The molecule has 2 aromatic rings. The lowest BCUT2D eigenvalue weighted by atomic mass is 9.92. The number of ether oxygens (including phenoxy) is 1. The Morgan fingerprint density at radius 3 is 2.65 bits per heavy atom. The molecule has 1 aliphatic rings. The van der Waals surface area contributed by atoms with E-state index in [2.05, 4.69) is 14.9 Å². The number of hydrogen-bond donors (Lipinski definition) is 1. The maximum Gasteiger partial charge on any atom is 0.338 e. The number of hydrogen-bond acceptors (Lipinski definition) is 4. The third-order valence-electron chi connectivity index (χ3n) is 4.58. The standard InChI is InChI=1S/C20H27N3O3.H2/c1-5-26-18(25)13-9-10-15-16(11-13)23(14-7-6-8-14)19(21-15)22-17(24)12-20(2,3)4;/h9-11,14H,5-8,12H2,1-4H3,(H,21,22,24);1H. The zero-order valence-corrected chi connectivity index (χ0v) is 16.0. The summed E-state index contributed by atoms with van der Waals surface area (Å²) < 4.78 is 7.18. The van der Waals surface area contributed by atoms with Gasteiger partial charge in [-0.05, 0) is 49.8 Å². The van der Waals surface area contributed by atoms with E-state index in [-0.39, 0.29) is 18.7 Å². The fourth-order valence-electron chi connectivity index (χ4n) is 3.19. The second-order valence-electron chi connectivity index (χ2n) is 8.10.